The first-order valence-electron chi connectivity index (χ1n) is 8.95. The van der Waals surface area contributed by atoms with E-state index in [9.17, 15) is 9.59 Å². The maximum absolute atomic E-state index is 11.7. The first-order chi connectivity index (χ1) is 13.9. The molecule has 3 aromatic rings. The lowest BCUT2D eigenvalue weighted by molar-refractivity contribution is 0.0526. The van der Waals surface area contributed by atoms with E-state index in [1.807, 2.05) is 6.92 Å². The fourth-order valence-electron chi connectivity index (χ4n) is 2.57. The van der Waals surface area contributed by atoms with Gasteiger partial charge in [0, 0.05) is 23.1 Å². The number of ether oxygens (including phenoxy) is 1. The Hall–Kier alpha value is -3.94. The van der Waals surface area contributed by atoms with Crippen LogP contribution in [0.25, 0.3) is 0 Å². The minimum Gasteiger partial charge on any atom is -0.478 e. The second kappa shape index (κ2) is 8.83. The van der Waals surface area contributed by atoms with Gasteiger partial charge in [-0.15, -0.1) is 0 Å². The van der Waals surface area contributed by atoms with Gasteiger partial charge in [-0.2, -0.15) is 4.98 Å². The Morgan fingerprint density at radius 1 is 0.931 bits per heavy atom. The molecule has 1 aromatic heterocycles. The zero-order valence-corrected chi connectivity index (χ0v) is 16.0. The third kappa shape index (κ3) is 5.29. The number of nitrogens with zero attached hydrogens (tertiary/aromatic N) is 2. The second-order valence-electron chi connectivity index (χ2n) is 6.15. The number of hydrogen-bond donors (Lipinski definition) is 3. The maximum Gasteiger partial charge on any atom is 0.338 e. The number of carboxylic acids is 1. The fourth-order valence-corrected chi connectivity index (χ4v) is 2.57. The molecule has 0 amide bonds. The number of anilines is 4. The summed E-state index contributed by atoms with van der Waals surface area (Å²) in [5, 5.41) is 15.2. The van der Waals surface area contributed by atoms with Crippen LogP contribution in [0.1, 0.15) is 33.3 Å². The first-order valence-corrected chi connectivity index (χ1v) is 8.95. The molecule has 0 bridgehead atoms. The van der Waals surface area contributed by atoms with E-state index in [4.69, 9.17) is 9.84 Å². The molecule has 8 nitrogen and oxygen atoms in total. The second-order valence-corrected chi connectivity index (χ2v) is 6.15. The highest BCUT2D eigenvalue weighted by Crippen LogP contribution is 2.20. The number of carbonyl (C=O) groups is 2. The van der Waals surface area contributed by atoms with Crippen LogP contribution in [-0.2, 0) is 4.74 Å². The molecular weight excluding hydrogens is 372 g/mol. The number of aromatic carboxylic acids is 1. The number of carboxylic acid groups (broad SMARTS) is 1. The number of aryl methyl sites for hydroxylation is 1. The standard InChI is InChI=1S/C21H20N4O4/c1-3-29-20(28)15-6-10-17(11-7-15)24-21-22-13(2)12-18(25-21)23-16-8-4-14(5-9-16)19(26)27/h4-12H,3H2,1-2H3,(H,26,27)(H2,22,23,24,25). The van der Waals surface area contributed by atoms with Gasteiger partial charge in [0.15, 0.2) is 0 Å². The highest BCUT2D eigenvalue weighted by molar-refractivity contribution is 5.90. The number of aromatic nitrogens is 2. The van der Waals surface area contributed by atoms with Gasteiger partial charge in [0.25, 0.3) is 0 Å². The molecule has 0 atom stereocenters. The Labute approximate surface area is 167 Å². The summed E-state index contributed by atoms with van der Waals surface area (Å²) < 4.78 is 4.97. The smallest absolute Gasteiger partial charge is 0.338 e. The summed E-state index contributed by atoms with van der Waals surface area (Å²) in [4.78, 5) is 31.5. The van der Waals surface area contributed by atoms with Crippen LogP contribution >= 0.6 is 0 Å². The third-order valence-corrected chi connectivity index (χ3v) is 3.91. The summed E-state index contributed by atoms with van der Waals surface area (Å²) in [6.45, 7) is 3.93. The van der Waals surface area contributed by atoms with E-state index in [1.165, 1.54) is 12.1 Å². The number of hydrogen-bond acceptors (Lipinski definition) is 7. The van der Waals surface area contributed by atoms with E-state index in [0.29, 0.717) is 29.6 Å². The van der Waals surface area contributed by atoms with Crippen LogP contribution in [-0.4, -0.2) is 33.6 Å². The molecule has 0 aliphatic carbocycles. The minimum absolute atomic E-state index is 0.211. The van der Waals surface area contributed by atoms with E-state index in [0.717, 1.165) is 11.4 Å². The Morgan fingerprint density at radius 3 is 2.10 bits per heavy atom. The van der Waals surface area contributed by atoms with Crippen molar-refractivity contribution in [2.75, 3.05) is 17.2 Å². The number of carbonyl (C=O) groups excluding carboxylic acids is 1. The molecule has 0 saturated carbocycles. The van der Waals surface area contributed by atoms with E-state index >= 15 is 0 Å². The van der Waals surface area contributed by atoms with Gasteiger partial charge in [-0.25, -0.2) is 14.6 Å². The molecule has 0 radical (unpaired) electrons. The van der Waals surface area contributed by atoms with Crippen molar-refractivity contribution >= 4 is 35.1 Å². The molecule has 0 aliphatic heterocycles. The zero-order valence-electron chi connectivity index (χ0n) is 16.0. The summed E-state index contributed by atoms with van der Waals surface area (Å²) in [6, 6.07) is 15.0. The van der Waals surface area contributed by atoms with Crippen molar-refractivity contribution in [3.8, 4) is 0 Å². The molecule has 0 aliphatic rings. The first kappa shape index (κ1) is 19.8. The summed E-state index contributed by atoms with van der Waals surface area (Å²) in [7, 11) is 0. The van der Waals surface area contributed by atoms with Crippen molar-refractivity contribution in [3.05, 3.63) is 71.4 Å². The van der Waals surface area contributed by atoms with Crippen LogP contribution in [0.4, 0.5) is 23.1 Å². The van der Waals surface area contributed by atoms with Crippen LogP contribution in [0.15, 0.2) is 54.6 Å². The monoisotopic (exact) mass is 392 g/mol. The van der Waals surface area contributed by atoms with Crippen molar-refractivity contribution in [2.24, 2.45) is 0 Å². The normalized spacial score (nSPS) is 10.3. The Morgan fingerprint density at radius 2 is 1.52 bits per heavy atom. The van der Waals surface area contributed by atoms with Gasteiger partial charge in [0.05, 0.1) is 17.7 Å². The van der Waals surface area contributed by atoms with Crippen LogP contribution in [0.2, 0.25) is 0 Å². The maximum atomic E-state index is 11.7. The molecule has 29 heavy (non-hydrogen) atoms. The zero-order chi connectivity index (χ0) is 20.8. The number of esters is 1. The van der Waals surface area contributed by atoms with Crippen LogP contribution in [0.5, 0.6) is 0 Å². The van der Waals surface area contributed by atoms with Gasteiger partial charge in [-0.3, -0.25) is 0 Å². The van der Waals surface area contributed by atoms with E-state index in [-0.39, 0.29) is 11.5 Å². The summed E-state index contributed by atoms with van der Waals surface area (Å²) in [5.41, 5.74) is 2.85. The van der Waals surface area contributed by atoms with Gasteiger partial charge in [0.1, 0.15) is 5.82 Å². The minimum atomic E-state index is -0.977. The van der Waals surface area contributed by atoms with Crippen molar-refractivity contribution in [1.29, 1.82) is 0 Å². The van der Waals surface area contributed by atoms with Gasteiger partial charge in [-0.05, 0) is 62.4 Å². The summed E-state index contributed by atoms with van der Waals surface area (Å²) in [6.07, 6.45) is 0. The molecule has 8 heteroatoms. The average molecular weight is 392 g/mol. The van der Waals surface area contributed by atoms with Crippen LogP contribution in [0, 0.1) is 6.92 Å². The lowest BCUT2D eigenvalue weighted by Crippen LogP contribution is -2.05. The van der Waals surface area contributed by atoms with E-state index in [2.05, 4.69) is 20.6 Å². The number of nitrogens with one attached hydrogen (secondary N) is 2. The molecular formula is C21H20N4O4. The van der Waals surface area contributed by atoms with Crippen molar-refractivity contribution < 1.29 is 19.4 Å². The fraction of sp³-hybridized carbons (Fsp3) is 0.143. The summed E-state index contributed by atoms with van der Waals surface area (Å²) >= 11 is 0. The topological polar surface area (TPSA) is 113 Å². The lowest BCUT2D eigenvalue weighted by Gasteiger charge is -2.10. The van der Waals surface area contributed by atoms with Gasteiger partial charge in [-0.1, -0.05) is 0 Å². The number of rotatable bonds is 7. The quantitative estimate of drug-likeness (QED) is 0.514. The predicted molar refractivity (Wildman–Crippen MR) is 109 cm³/mol. The molecule has 0 saturated heterocycles. The molecule has 0 fully saturated rings. The lowest BCUT2D eigenvalue weighted by atomic mass is 10.2. The van der Waals surface area contributed by atoms with Gasteiger partial charge >= 0.3 is 11.9 Å². The molecule has 0 spiro atoms. The number of benzene rings is 2. The molecule has 148 valence electrons. The molecule has 1 heterocycles. The van der Waals surface area contributed by atoms with Crippen molar-refractivity contribution in [2.45, 2.75) is 13.8 Å². The van der Waals surface area contributed by atoms with Crippen molar-refractivity contribution in [1.82, 2.24) is 9.97 Å². The molecule has 3 rings (SSSR count). The molecule has 2 aromatic carbocycles. The van der Waals surface area contributed by atoms with Gasteiger partial charge < -0.3 is 20.5 Å². The van der Waals surface area contributed by atoms with E-state index < -0.39 is 5.97 Å². The van der Waals surface area contributed by atoms with Crippen LogP contribution in [0.3, 0.4) is 0 Å². The highest BCUT2D eigenvalue weighted by Gasteiger charge is 2.08. The Kier molecular flexibility index (Phi) is 6.03. The largest absolute Gasteiger partial charge is 0.478 e. The SMILES string of the molecule is CCOC(=O)c1ccc(Nc2nc(C)cc(Nc3ccc(C(=O)O)cc3)n2)cc1. The summed E-state index contributed by atoms with van der Waals surface area (Å²) in [5.74, 6) is -0.397. The third-order valence-electron chi connectivity index (χ3n) is 3.91. The van der Waals surface area contributed by atoms with Gasteiger partial charge in [0.2, 0.25) is 5.95 Å². The molecule has 3 N–H and O–H groups in total. The van der Waals surface area contributed by atoms with E-state index in [1.54, 1.807) is 49.4 Å². The predicted octanol–water partition coefficient (Wildman–Crippen LogP) is 4.15. The molecule has 0 unspecified atom stereocenters. The Bertz CT molecular complexity index is 1020. The van der Waals surface area contributed by atoms with Crippen molar-refractivity contribution in [3.63, 3.8) is 0 Å². The highest BCUT2D eigenvalue weighted by atomic mass is 16.5. The van der Waals surface area contributed by atoms with Crippen LogP contribution < -0.4 is 10.6 Å². The average Bonchev–Trinajstić information content (AvgIpc) is 2.68. The Balaban J connectivity index is 1.73.